The Morgan fingerprint density at radius 1 is 1.38 bits per heavy atom. The Bertz CT molecular complexity index is 322. The van der Waals surface area contributed by atoms with Crippen LogP contribution in [0, 0.1) is 6.92 Å². The highest BCUT2D eigenvalue weighted by molar-refractivity contribution is 5.34. The summed E-state index contributed by atoms with van der Waals surface area (Å²) in [6.45, 7) is 8.48. The molecule has 1 saturated heterocycles. The summed E-state index contributed by atoms with van der Waals surface area (Å²) >= 11 is 0. The van der Waals surface area contributed by atoms with E-state index in [1.165, 1.54) is 0 Å². The van der Waals surface area contributed by atoms with Gasteiger partial charge in [-0.15, -0.1) is 0 Å². The highest BCUT2D eigenvalue weighted by Crippen LogP contribution is 2.02. The topological polar surface area (TPSA) is 53.1 Å². The Balaban J connectivity index is 1.71. The molecule has 1 aromatic heterocycles. The molecule has 0 amide bonds. The van der Waals surface area contributed by atoms with Gasteiger partial charge in [-0.05, 0) is 6.92 Å². The van der Waals surface area contributed by atoms with Gasteiger partial charge in [0.2, 0.25) is 0 Å². The maximum Gasteiger partial charge on any atom is 0.129 e. The van der Waals surface area contributed by atoms with Crippen LogP contribution in [0.15, 0.2) is 12.4 Å². The Kier molecular flexibility index (Phi) is 4.07. The summed E-state index contributed by atoms with van der Waals surface area (Å²) in [6.07, 6.45) is 1.60. The average molecular weight is 221 g/mol. The predicted octanol–water partition coefficient (Wildman–Crippen LogP) is 0.102. The largest absolute Gasteiger partial charge is 0.369 e. The van der Waals surface area contributed by atoms with E-state index in [2.05, 4.69) is 25.5 Å². The van der Waals surface area contributed by atoms with Gasteiger partial charge in [-0.2, -0.15) is 0 Å². The van der Waals surface area contributed by atoms with E-state index in [9.17, 15) is 0 Å². The molecular weight excluding hydrogens is 202 g/mol. The molecular formula is C11H19N5. The van der Waals surface area contributed by atoms with Gasteiger partial charge in [0.25, 0.3) is 0 Å². The Hall–Kier alpha value is -1.20. The number of aromatic nitrogens is 2. The second-order valence-corrected chi connectivity index (χ2v) is 4.06. The van der Waals surface area contributed by atoms with Gasteiger partial charge in [-0.1, -0.05) is 0 Å². The molecule has 0 aliphatic carbocycles. The number of anilines is 1. The lowest BCUT2D eigenvalue weighted by Crippen LogP contribution is -2.45. The minimum Gasteiger partial charge on any atom is -0.369 e. The molecule has 0 saturated carbocycles. The number of hydrogen-bond acceptors (Lipinski definition) is 5. The summed E-state index contributed by atoms with van der Waals surface area (Å²) in [5.41, 5.74) is 1.000. The van der Waals surface area contributed by atoms with Crippen LogP contribution in [0.5, 0.6) is 0 Å². The Morgan fingerprint density at radius 3 is 2.94 bits per heavy atom. The standard InChI is InChI=1S/C11H19N5/c1-10-8-11(15-9-14-10)13-4-7-16-5-2-12-3-6-16/h8-9,12H,2-7H2,1H3,(H,13,14,15). The van der Waals surface area contributed by atoms with Crippen molar-refractivity contribution in [2.45, 2.75) is 6.92 Å². The van der Waals surface area contributed by atoms with Crippen molar-refractivity contribution in [3.8, 4) is 0 Å². The Morgan fingerprint density at radius 2 is 2.19 bits per heavy atom. The summed E-state index contributed by atoms with van der Waals surface area (Å²) < 4.78 is 0. The second-order valence-electron chi connectivity index (χ2n) is 4.06. The number of aryl methyl sites for hydroxylation is 1. The first kappa shape index (κ1) is 11.3. The zero-order valence-electron chi connectivity index (χ0n) is 9.74. The smallest absolute Gasteiger partial charge is 0.129 e. The molecule has 0 unspecified atom stereocenters. The summed E-state index contributed by atoms with van der Waals surface area (Å²) in [5, 5.41) is 6.67. The van der Waals surface area contributed by atoms with Crippen LogP contribution in [-0.4, -0.2) is 54.1 Å². The van der Waals surface area contributed by atoms with E-state index in [1.807, 2.05) is 13.0 Å². The lowest BCUT2D eigenvalue weighted by atomic mass is 10.3. The minimum absolute atomic E-state index is 0.919. The third kappa shape index (κ3) is 3.43. The highest BCUT2D eigenvalue weighted by atomic mass is 15.2. The fourth-order valence-electron chi connectivity index (χ4n) is 1.83. The third-order valence-electron chi connectivity index (χ3n) is 2.75. The fourth-order valence-corrected chi connectivity index (χ4v) is 1.83. The third-order valence-corrected chi connectivity index (χ3v) is 2.75. The van der Waals surface area contributed by atoms with Crippen molar-refractivity contribution in [1.82, 2.24) is 20.2 Å². The van der Waals surface area contributed by atoms with Gasteiger partial charge < -0.3 is 10.6 Å². The minimum atomic E-state index is 0.919. The van der Waals surface area contributed by atoms with Crippen molar-refractivity contribution in [2.24, 2.45) is 0 Å². The van der Waals surface area contributed by atoms with Gasteiger partial charge in [0.05, 0.1) is 0 Å². The number of nitrogens with zero attached hydrogens (tertiary/aromatic N) is 3. The highest BCUT2D eigenvalue weighted by Gasteiger charge is 2.08. The molecule has 88 valence electrons. The van der Waals surface area contributed by atoms with Gasteiger partial charge in [-0.25, -0.2) is 9.97 Å². The van der Waals surface area contributed by atoms with Crippen LogP contribution < -0.4 is 10.6 Å². The molecule has 1 aromatic rings. The van der Waals surface area contributed by atoms with E-state index in [0.29, 0.717) is 0 Å². The molecule has 5 heteroatoms. The zero-order chi connectivity index (χ0) is 11.2. The maximum absolute atomic E-state index is 4.17. The lowest BCUT2D eigenvalue weighted by Gasteiger charge is -2.27. The van der Waals surface area contributed by atoms with Crippen molar-refractivity contribution < 1.29 is 0 Å². The van der Waals surface area contributed by atoms with Crippen LogP contribution in [0.25, 0.3) is 0 Å². The van der Waals surface area contributed by atoms with E-state index >= 15 is 0 Å². The molecule has 0 atom stereocenters. The van der Waals surface area contributed by atoms with Gasteiger partial charge in [0.1, 0.15) is 12.1 Å². The maximum atomic E-state index is 4.17. The summed E-state index contributed by atoms with van der Waals surface area (Å²) in [4.78, 5) is 10.7. The van der Waals surface area contributed by atoms with E-state index in [4.69, 9.17) is 0 Å². The van der Waals surface area contributed by atoms with Crippen LogP contribution in [0.4, 0.5) is 5.82 Å². The molecule has 16 heavy (non-hydrogen) atoms. The van der Waals surface area contributed by atoms with E-state index in [0.717, 1.165) is 50.8 Å². The van der Waals surface area contributed by atoms with Crippen LogP contribution in [0.3, 0.4) is 0 Å². The molecule has 0 spiro atoms. The van der Waals surface area contributed by atoms with Crippen LogP contribution >= 0.6 is 0 Å². The number of rotatable bonds is 4. The first-order valence-corrected chi connectivity index (χ1v) is 5.80. The normalized spacial score (nSPS) is 17.3. The average Bonchev–Trinajstić information content (AvgIpc) is 2.30. The Labute approximate surface area is 96.3 Å². The molecule has 0 aromatic carbocycles. The van der Waals surface area contributed by atoms with Gasteiger partial charge in [-0.3, -0.25) is 4.90 Å². The fraction of sp³-hybridized carbons (Fsp3) is 0.636. The van der Waals surface area contributed by atoms with E-state index < -0.39 is 0 Å². The van der Waals surface area contributed by atoms with Gasteiger partial charge in [0.15, 0.2) is 0 Å². The molecule has 0 bridgehead atoms. The zero-order valence-corrected chi connectivity index (χ0v) is 9.74. The molecule has 2 N–H and O–H groups in total. The van der Waals surface area contributed by atoms with Crippen molar-refractivity contribution in [3.63, 3.8) is 0 Å². The van der Waals surface area contributed by atoms with Crippen LogP contribution in [0.1, 0.15) is 5.69 Å². The monoisotopic (exact) mass is 221 g/mol. The van der Waals surface area contributed by atoms with E-state index in [1.54, 1.807) is 6.33 Å². The SMILES string of the molecule is Cc1cc(NCCN2CCNCC2)ncn1. The molecule has 2 rings (SSSR count). The summed E-state index contributed by atoms with van der Waals surface area (Å²) in [5.74, 6) is 0.919. The van der Waals surface area contributed by atoms with Gasteiger partial charge >= 0.3 is 0 Å². The number of hydrogen-bond donors (Lipinski definition) is 2. The van der Waals surface area contributed by atoms with Crippen molar-refractivity contribution in [2.75, 3.05) is 44.6 Å². The van der Waals surface area contributed by atoms with Crippen molar-refractivity contribution in [3.05, 3.63) is 18.1 Å². The number of piperazine rings is 1. The molecule has 1 fully saturated rings. The molecule has 1 aliphatic rings. The predicted molar refractivity (Wildman–Crippen MR) is 64.6 cm³/mol. The number of nitrogens with one attached hydrogen (secondary N) is 2. The quantitative estimate of drug-likeness (QED) is 0.755. The second kappa shape index (κ2) is 5.77. The first-order chi connectivity index (χ1) is 7.84. The van der Waals surface area contributed by atoms with Crippen LogP contribution in [0.2, 0.25) is 0 Å². The molecule has 0 radical (unpaired) electrons. The van der Waals surface area contributed by atoms with Crippen molar-refractivity contribution in [1.29, 1.82) is 0 Å². The first-order valence-electron chi connectivity index (χ1n) is 5.80. The summed E-state index contributed by atoms with van der Waals surface area (Å²) in [7, 11) is 0. The van der Waals surface area contributed by atoms with Crippen LogP contribution in [-0.2, 0) is 0 Å². The van der Waals surface area contributed by atoms with Gasteiger partial charge in [0, 0.05) is 51.0 Å². The summed E-state index contributed by atoms with van der Waals surface area (Å²) in [6, 6.07) is 1.97. The van der Waals surface area contributed by atoms with Crippen molar-refractivity contribution >= 4 is 5.82 Å². The molecule has 2 heterocycles. The molecule has 1 aliphatic heterocycles. The molecule has 5 nitrogen and oxygen atoms in total. The lowest BCUT2D eigenvalue weighted by molar-refractivity contribution is 0.249. The van der Waals surface area contributed by atoms with E-state index in [-0.39, 0.29) is 0 Å².